The average molecular weight is 566 g/mol. The van der Waals surface area contributed by atoms with Gasteiger partial charge >= 0.3 is 0 Å². The third kappa shape index (κ3) is 5.17. The molecule has 7 nitrogen and oxygen atoms in total. The predicted octanol–water partition coefficient (Wildman–Crippen LogP) is 5.79. The summed E-state index contributed by atoms with van der Waals surface area (Å²) in [5.41, 5.74) is 6.44. The maximum absolute atomic E-state index is 13.8. The predicted molar refractivity (Wildman–Crippen MR) is 161 cm³/mol. The van der Waals surface area contributed by atoms with Crippen LogP contribution in [0, 0.1) is 6.92 Å². The van der Waals surface area contributed by atoms with Crippen molar-refractivity contribution in [2.24, 2.45) is 0 Å². The Bertz CT molecular complexity index is 1640. The number of nitrogens with zero attached hydrogens (tertiary/aromatic N) is 4. The van der Waals surface area contributed by atoms with Crippen molar-refractivity contribution in [3.05, 3.63) is 118 Å². The number of para-hydroxylation sites is 1. The van der Waals surface area contributed by atoms with Gasteiger partial charge in [-0.25, -0.2) is 4.68 Å². The zero-order valence-corrected chi connectivity index (χ0v) is 23.5. The van der Waals surface area contributed by atoms with Gasteiger partial charge in [0.15, 0.2) is 0 Å². The van der Waals surface area contributed by atoms with Gasteiger partial charge in [0.25, 0.3) is 0 Å². The molecule has 0 aliphatic carbocycles. The van der Waals surface area contributed by atoms with Crippen molar-refractivity contribution >= 4 is 40.7 Å². The maximum Gasteiger partial charge on any atom is 0.240 e. The molecule has 1 aliphatic heterocycles. The molecule has 9 heteroatoms. The van der Waals surface area contributed by atoms with Gasteiger partial charge in [0.2, 0.25) is 11.8 Å². The van der Waals surface area contributed by atoms with Gasteiger partial charge in [0, 0.05) is 17.3 Å². The molecule has 2 aromatic carbocycles. The molecular formula is C31H27N5O2S2. The number of amides is 2. The van der Waals surface area contributed by atoms with Crippen molar-refractivity contribution in [3.8, 4) is 16.9 Å². The van der Waals surface area contributed by atoms with E-state index in [2.05, 4.69) is 27.1 Å². The third-order valence-corrected chi connectivity index (χ3v) is 8.78. The monoisotopic (exact) mass is 565 g/mol. The summed E-state index contributed by atoms with van der Waals surface area (Å²) in [6, 6.07) is 25.7. The molecule has 0 spiro atoms. The van der Waals surface area contributed by atoms with Crippen molar-refractivity contribution < 1.29 is 9.59 Å². The van der Waals surface area contributed by atoms with Crippen molar-refractivity contribution in [1.29, 1.82) is 0 Å². The van der Waals surface area contributed by atoms with Gasteiger partial charge in [-0.15, -0.1) is 11.8 Å². The molecule has 200 valence electrons. The van der Waals surface area contributed by atoms with E-state index >= 15 is 0 Å². The Morgan fingerprint density at radius 2 is 1.82 bits per heavy atom. The van der Waals surface area contributed by atoms with Crippen molar-refractivity contribution in [1.82, 2.24) is 20.1 Å². The van der Waals surface area contributed by atoms with Crippen molar-refractivity contribution in [2.45, 2.75) is 18.7 Å². The van der Waals surface area contributed by atoms with Gasteiger partial charge in [0.05, 0.1) is 34.6 Å². The molecule has 40 heavy (non-hydrogen) atoms. The molecule has 0 bridgehead atoms. The van der Waals surface area contributed by atoms with Crippen LogP contribution in [-0.4, -0.2) is 38.9 Å². The van der Waals surface area contributed by atoms with E-state index < -0.39 is 0 Å². The summed E-state index contributed by atoms with van der Waals surface area (Å²) in [5.74, 6) is 0.478. The molecule has 5 aromatic rings. The Morgan fingerprint density at radius 1 is 1.02 bits per heavy atom. The zero-order valence-electron chi connectivity index (χ0n) is 21.9. The number of carbonyl (C=O) groups excluding carboxylic acids is 2. The first-order valence-electron chi connectivity index (χ1n) is 12.9. The first-order chi connectivity index (χ1) is 19.6. The van der Waals surface area contributed by atoms with E-state index in [-0.39, 0.29) is 35.9 Å². The number of fused-ring (bicyclic) bond motifs is 1. The number of pyridine rings is 1. The van der Waals surface area contributed by atoms with Crippen LogP contribution < -0.4 is 10.2 Å². The number of benzene rings is 2. The normalized spacial score (nSPS) is 15.0. The number of hydrogen-bond acceptors (Lipinski definition) is 6. The molecule has 6 rings (SSSR count). The number of rotatable bonds is 7. The summed E-state index contributed by atoms with van der Waals surface area (Å²) in [7, 11) is 0. The first-order valence-corrected chi connectivity index (χ1v) is 14.9. The Morgan fingerprint density at radius 3 is 2.58 bits per heavy atom. The molecule has 0 radical (unpaired) electrons. The van der Waals surface area contributed by atoms with Crippen LogP contribution in [0.2, 0.25) is 0 Å². The summed E-state index contributed by atoms with van der Waals surface area (Å²) in [4.78, 5) is 33.0. The van der Waals surface area contributed by atoms with Crippen LogP contribution in [0.4, 0.5) is 5.82 Å². The SMILES string of the molecule is Cc1ccccc1-n1nc(-c2ccccc2)c2c1N(CC(=O)NCc1ccccn1)C(=O)CS[C@H]2c1ccsc1. The highest BCUT2D eigenvalue weighted by atomic mass is 32.2. The quantitative estimate of drug-likeness (QED) is 0.270. The number of carbonyl (C=O) groups is 2. The number of thioether (sulfide) groups is 1. The molecule has 0 unspecified atom stereocenters. The molecule has 0 saturated heterocycles. The molecule has 2 amide bonds. The van der Waals surface area contributed by atoms with Crippen LogP contribution in [0.1, 0.15) is 27.6 Å². The van der Waals surface area contributed by atoms with E-state index in [9.17, 15) is 9.59 Å². The molecule has 1 aliphatic rings. The lowest BCUT2D eigenvalue weighted by Gasteiger charge is -2.23. The van der Waals surface area contributed by atoms with Gasteiger partial charge in [-0.1, -0.05) is 54.6 Å². The molecule has 0 saturated carbocycles. The van der Waals surface area contributed by atoms with Crippen LogP contribution in [0.15, 0.2) is 95.8 Å². The Balaban J connectivity index is 1.51. The molecular weight excluding hydrogens is 539 g/mol. The fourth-order valence-electron chi connectivity index (χ4n) is 4.88. The van der Waals surface area contributed by atoms with E-state index in [1.807, 2.05) is 84.4 Å². The van der Waals surface area contributed by atoms with Crippen LogP contribution in [0.3, 0.4) is 0 Å². The fourth-order valence-corrected chi connectivity index (χ4v) is 6.84. The summed E-state index contributed by atoms with van der Waals surface area (Å²) >= 11 is 3.21. The minimum absolute atomic E-state index is 0.124. The molecule has 1 N–H and O–H groups in total. The van der Waals surface area contributed by atoms with E-state index in [0.717, 1.165) is 39.3 Å². The van der Waals surface area contributed by atoms with Gasteiger partial charge in [-0.2, -0.15) is 16.4 Å². The minimum atomic E-state index is -0.261. The summed E-state index contributed by atoms with van der Waals surface area (Å²) < 4.78 is 1.85. The topological polar surface area (TPSA) is 80.1 Å². The van der Waals surface area contributed by atoms with Crippen LogP contribution in [0.5, 0.6) is 0 Å². The Kier molecular flexibility index (Phi) is 7.48. The highest BCUT2D eigenvalue weighted by molar-refractivity contribution is 8.00. The smallest absolute Gasteiger partial charge is 0.240 e. The minimum Gasteiger partial charge on any atom is -0.349 e. The van der Waals surface area contributed by atoms with E-state index in [0.29, 0.717) is 5.82 Å². The van der Waals surface area contributed by atoms with Gasteiger partial charge in [-0.05, 0) is 53.1 Å². The van der Waals surface area contributed by atoms with Gasteiger partial charge in [0.1, 0.15) is 12.4 Å². The summed E-state index contributed by atoms with van der Waals surface area (Å²) in [5, 5.41) is 12.1. The number of hydrogen-bond donors (Lipinski definition) is 1. The number of anilines is 1. The van der Waals surface area contributed by atoms with Crippen LogP contribution >= 0.6 is 23.1 Å². The Hall–Kier alpha value is -4.21. The zero-order chi connectivity index (χ0) is 27.5. The van der Waals surface area contributed by atoms with Gasteiger partial charge < -0.3 is 5.32 Å². The lowest BCUT2D eigenvalue weighted by atomic mass is 10.0. The van der Waals surface area contributed by atoms with Crippen LogP contribution in [-0.2, 0) is 16.1 Å². The Labute approximate surface area is 240 Å². The fraction of sp³-hybridized carbons (Fsp3) is 0.161. The molecule has 3 aromatic heterocycles. The summed E-state index contributed by atoms with van der Waals surface area (Å²) in [6.07, 6.45) is 1.69. The number of thiophene rings is 1. The first kappa shape index (κ1) is 26.0. The third-order valence-electron chi connectivity index (χ3n) is 6.82. The number of nitrogens with one attached hydrogen (secondary N) is 1. The highest BCUT2D eigenvalue weighted by Gasteiger charge is 2.38. The van der Waals surface area contributed by atoms with Crippen LogP contribution in [0.25, 0.3) is 16.9 Å². The second kappa shape index (κ2) is 11.5. The number of aryl methyl sites for hydroxylation is 1. The standard InChI is InChI=1S/C31H27N5O2S2/c1-21-9-5-6-13-25(21)36-31-28(29(34-36)22-10-3-2-4-11-22)30(23-14-16-39-19-23)40-20-27(38)35(31)18-26(37)33-17-24-12-7-8-15-32-24/h2-16,19,30H,17-18,20H2,1H3,(H,33,37)/t30-/m0/s1. The molecule has 1 atom stereocenters. The van der Waals surface area contributed by atoms with E-state index in [1.165, 1.54) is 0 Å². The maximum atomic E-state index is 13.8. The lowest BCUT2D eigenvalue weighted by molar-refractivity contribution is -0.123. The second-order valence-corrected chi connectivity index (χ2v) is 11.3. The second-order valence-electron chi connectivity index (χ2n) is 9.48. The van der Waals surface area contributed by atoms with Crippen molar-refractivity contribution in [2.75, 3.05) is 17.2 Å². The molecule has 4 heterocycles. The lowest BCUT2D eigenvalue weighted by Crippen LogP contribution is -2.42. The average Bonchev–Trinajstić information content (AvgIpc) is 3.63. The summed E-state index contributed by atoms with van der Waals surface area (Å²) in [6.45, 7) is 2.19. The van der Waals surface area contributed by atoms with E-state index in [1.54, 1.807) is 34.2 Å². The van der Waals surface area contributed by atoms with E-state index in [4.69, 9.17) is 5.10 Å². The van der Waals surface area contributed by atoms with Gasteiger partial charge in [-0.3, -0.25) is 19.5 Å². The number of aromatic nitrogens is 3. The molecule has 0 fully saturated rings. The largest absolute Gasteiger partial charge is 0.349 e. The highest BCUT2D eigenvalue weighted by Crippen LogP contribution is 2.49. The van der Waals surface area contributed by atoms with Crippen molar-refractivity contribution in [3.63, 3.8) is 0 Å².